The summed E-state index contributed by atoms with van der Waals surface area (Å²) in [6.07, 6.45) is 1.35. The second kappa shape index (κ2) is 7.50. The molecule has 0 aromatic heterocycles. The van der Waals surface area contributed by atoms with Crippen molar-refractivity contribution in [3.05, 3.63) is 70.2 Å². The van der Waals surface area contributed by atoms with Crippen molar-refractivity contribution in [3.8, 4) is 0 Å². The van der Waals surface area contributed by atoms with Gasteiger partial charge in [0.1, 0.15) is 5.54 Å². The van der Waals surface area contributed by atoms with Crippen LogP contribution >= 0.6 is 11.6 Å². The van der Waals surface area contributed by atoms with Crippen molar-refractivity contribution in [3.63, 3.8) is 0 Å². The van der Waals surface area contributed by atoms with Crippen LogP contribution in [0.25, 0.3) is 0 Å². The summed E-state index contributed by atoms with van der Waals surface area (Å²) in [5.41, 5.74) is 1.85. The molecular formula is C21H23ClN2O2. The summed E-state index contributed by atoms with van der Waals surface area (Å²) >= 11 is 6.01. The smallest absolute Gasteiger partial charge is 0.252 e. The van der Waals surface area contributed by atoms with Crippen LogP contribution in [0.3, 0.4) is 0 Å². The molecule has 2 amide bonds. The molecule has 1 N–H and O–H groups in total. The van der Waals surface area contributed by atoms with E-state index in [0.717, 1.165) is 17.5 Å². The Labute approximate surface area is 159 Å². The average Bonchev–Trinajstić information content (AvgIpc) is 2.88. The Morgan fingerprint density at radius 1 is 1.23 bits per heavy atom. The lowest BCUT2D eigenvalue weighted by Crippen LogP contribution is -2.52. The molecule has 2 aromatic carbocycles. The third-order valence-electron chi connectivity index (χ3n) is 4.87. The van der Waals surface area contributed by atoms with Crippen LogP contribution in [0.15, 0.2) is 48.5 Å². The number of carbonyl (C=O) groups is 2. The van der Waals surface area contributed by atoms with Crippen LogP contribution in [0.5, 0.6) is 0 Å². The van der Waals surface area contributed by atoms with Gasteiger partial charge in [-0.25, -0.2) is 0 Å². The van der Waals surface area contributed by atoms with Gasteiger partial charge < -0.3 is 10.2 Å². The van der Waals surface area contributed by atoms with E-state index in [2.05, 4.69) is 5.32 Å². The van der Waals surface area contributed by atoms with Gasteiger partial charge in [0.05, 0.1) is 0 Å². The van der Waals surface area contributed by atoms with Crippen molar-refractivity contribution in [2.75, 3.05) is 13.1 Å². The molecule has 1 aliphatic rings. The standard InChI is InChI=1S/C21H23ClN2O2/c1-15-5-3-7-17(13-15)19(25)23-21(2)10-12-24(20(21)26)11-9-16-6-4-8-18(22)14-16/h3-8,13-14H,9-12H2,1-2H3,(H,23,25). The van der Waals surface area contributed by atoms with E-state index in [-0.39, 0.29) is 11.8 Å². The van der Waals surface area contributed by atoms with Crippen molar-refractivity contribution in [1.82, 2.24) is 10.2 Å². The van der Waals surface area contributed by atoms with Gasteiger partial charge in [0.2, 0.25) is 5.91 Å². The number of aryl methyl sites for hydroxylation is 1. The van der Waals surface area contributed by atoms with E-state index in [1.54, 1.807) is 6.07 Å². The van der Waals surface area contributed by atoms with Crippen LogP contribution in [0.2, 0.25) is 5.02 Å². The number of hydrogen-bond acceptors (Lipinski definition) is 2. The van der Waals surface area contributed by atoms with Crippen molar-refractivity contribution in [2.45, 2.75) is 32.2 Å². The van der Waals surface area contributed by atoms with Crippen LogP contribution in [0, 0.1) is 6.92 Å². The Morgan fingerprint density at radius 2 is 2.00 bits per heavy atom. The lowest BCUT2D eigenvalue weighted by Gasteiger charge is -2.25. The van der Waals surface area contributed by atoms with Gasteiger partial charge in [-0.05, 0) is 56.5 Å². The highest BCUT2D eigenvalue weighted by Crippen LogP contribution is 2.24. The molecule has 0 radical (unpaired) electrons. The molecule has 0 bridgehead atoms. The molecule has 0 spiro atoms. The summed E-state index contributed by atoms with van der Waals surface area (Å²) in [4.78, 5) is 27.2. The minimum Gasteiger partial charge on any atom is -0.340 e. The second-order valence-corrected chi connectivity index (χ2v) is 7.51. The first-order valence-electron chi connectivity index (χ1n) is 8.80. The van der Waals surface area contributed by atoms with Gasteiger partial charge in [0, 0.05) is 23.7 Å². The molecule has 2 aromatic rings. The number of nitrogens with zero attached hydrogens (tertiary/aromatic N) is 1. The molecule has 1 heterocycles. The zero-order chi connectivity index (χ0) is 18.7. The largest absolute Gasteiger partial charge is 0.340 e. The minimum atomic E-state index is -0.852. The average molecular weight is 371 g/mol. The number of halogens is 1. The van der Waals surface area contributed by atoms with E-state index in [0.29, 0.717) is 30.1 Å². The maximum Gasteiger partial charge on any atom is 0.252 e. The molecule has 5 heteroatoms. The molecule has 136 valence electrons. The predicted octanol–water partition coefficient (Wildman–Crippen LogP) is 3.61. The third-order valence-corrected chi connectivity index (χ3v) is 5.11. The molecule has 4 nitrogen and oxygen atoms in total. The summed E-state index contributed by atoms with van der Waals surface area (Å²) in [6.45, 7) is 5.01. The van der Waals surface area contributed by atoms with Crippen LogP contribution < -0.4 is 5.32 Å². The van der Waals surface area contributed by atoms with E-state index in [1.807, 2.05) is 61.2 Å². The van der Waals surface area contributed by atoms with Gasteiger partial charge in [-0.2, -0.15) is 0 Å². The van der Waals surface area contributed by atoms with Crippen LogP contribution in [-0.4, -0.2) is 35.3 Å². The monoisotopic (exact) mass is 370 g/mol. The quantitative estimate of drug-likeness (QED) is 0.874. The Bertz CT molecular complexity index is 836. The summed E-state index contributed by atoms with van der Waals surface area (Å²) in [5.74, 6) is -0.234. The minimum absolute atomic E-state index is 0.0273. The normalized spacial score (nSPS) is 19.7. The lowest BCUT2D eigenvalue weighted by molar-refractivity contribution is -0.132. The molecule has 1 unspecified atom stereocenters. The number of benzene rings is 2. The summed E-state index contributed by atoms with van der Waals surface area (Å²) < 4.78 is 0. The van der Waals surface area contributed by atoms with Crippen molar-refractivity contribution < 1.29 is 9.59 Å². The van der Waals surface area contributed by atoms with E-state index in [4.69, 9.17) is 11.6 Å². The van der Waals surface area contributed by atoms with Crippen LogP contribution in [0.4, 0.5) is 0 Å². The molecule has 1 atom stereocenters. The molecule has 1 saturated heterocycles. The number of rotatable bonds is 5. The van der Waals surface area contributed by atoms with Crippen LogP contribution in [0.1, 0.15) is 34.8 Å². The van der Waals surface area contributed by atoms with Gasteiger partial charge in [0.25, 0.3) is 5.91 Å². The number of likely N-dealkylation sites (tertiary alicyclic amines) is 1. The Hall–Kier alpha value is -2.33. The first-order valence-corrected chi connectivity index (χ1v) is 9.18. The maximum atomic E-state index is 12.8. The summed E-state index contributed by atoms with van der Waals surface area (Å²) in [7, 11) is 0. The Balaban J connectivity index is 1.62. The van der Waals surface area contributed by atoms with Gasteiger partial charge in [-0.1, -0.05) is 41.4 Å². The van der Waals surface area contributed by atoms with E-state index in [9.17, 15) is 9.59 Å². The molecule has 26 heavy (non-hydrogen) atoms. The molecule has 3 rings (SSSR count). The number of amides is 2. The first kappa shape index (κ1) is 18.5. The second-order valence-electron chi connectivity index (χ2n) is 7.08. The molecule has 1 fully saturated rings. The van der Waals surface area contributed by atoms with E-state index in [1.165, 1.54) is 0 Å². The van der Waals surface area contributed by atoms with E-state index >= 15 is 0 Å². The molecule has 0 aliphatic carbocycles. The first-order chi connectivity index (χ1) is 12.4. The zero-order valence-corrected chi connectivity index (χ0v) is 15.8. The summed E-state index contributed by atoms with van der Waals surface area (Å²) in [5, 5.41) is 3.63. The fraction of sp³-hybridized carbons (Fsp3) is 0.333. The molecule has 1 aliphatic heterocycles. The highest BCUT2D eigenvalue weighted by molar-refractivity contribution is 6.30. The number of carbonyl (C=O) groups excluding carboxylic acids is 2. The maximum absolute atomic E-state index is 12.8. The third kappa shape index (κ3) is 4.07. The number of nitrogens with one attached hydrogen (secondary N) is 1. The molecule has 0 saturated carbocycles. The van der Waals surface area contributed by atoms with E-state index < -0.39 is 5.54 Å². The predicted molar refractivity (Wildman–Crippen MR) is 103 cm³/mol. The highest BCUT2D eigenvalue weighted by atomic mass is 35.5. The fourth-order valence-electron chi connectivity index (χ4n) is 3.31. The van der Waals surface area contributed by atoms with Crippen molar-refractivity contribution in [1.29, 1.82) is 0 Å². The van der Waals surface area contributed by atoms with Crippen molar-refractivity contribution >= 4 is 23.4 Å². The fourth-order valence-corrected chi connectivity index (χ4v) is 3.52. The SMILES string of the molecule is Cc1cccc(C(=O)NC2(C)CCN(CCc3cccc(Cl)c3)C2=O)c1. The van der Waals surface area contributed by atoms with Gasteiger partial charge in [-0.15, -0.1) is 0 Å². The van der Waals surface area contributed by atoms with Gasteiger partial charge in [0.15, 0.2) is 0 Å². The van der Waals surface area contributed by atoms with Crippen molar-refractivity contribution in [2.24, 2.45) is 0 Å². The Morgan fingerprint density at radius 3 is 2.73 bits per heavy atom. The summed E-state index contributed by atoms with van der Waals surface area (Å²) in [6, 6.07) is 15.1. The van der Waals surface area contributed by atoms with Gasteiger partial charge >= 0.3 is 0 Å². The Kier molecular flexibility index (Phi) is 5.33. The number of hydrogen-bond donors (Lipinski definition) is 1. The topological polar surface area (TPSA) is 49.4 Å². The van der Waals surface area contributed by atoms with Crippen LogP contribution in [-0.2, 0) is 11.2 Å². The zero-order valence-electron chi connectivity index (χ0n) is 15.1. The van der Waals surface area contributed by atoms with Gasteiger partial charge in [-0.3, -0.25) is 9.59 Å². The molecular weight excluding hydrogens is 348 g/mol. The highest BCUT2D eigenvalue weighted by Gasteiger charge is 2.43. The lowest BCUT2D eigenvalue weighted by atomic mass is 9.99.